The molecular weight excluding hydrogens is 382 g/mol. The number of aromatic nitrogens is 3. The van der Waals surface area contributed by atoms with Gasteiger partial charge in [-0.3, -0.25) is 4.79 Å². The Morgan fingerprint density at radius 3 is 2.41 bits per heavy atom. The van der Waals surface area contributed by atoms with Crippen LogP contribution >= 0.6 is 11.8 Å². The third-order valence-electron chi connectivity index (χ3n) is 4.66. The second-order valence-corrected chi connectivity index (χ2v) is 9.10. The van der Waals surface area contributed by atoms with Crippen LogP contribution in [0.3, 0.4) is 0 Å². The van der Waals surface area contributed by atoms with Crippen LogP contribution in [0, 0.1) is 13.8 Å². The molecule has 3 N–H and O–H groups in total. The zero-order valence-electron chi connectivity index (χ0n) is 17.5. The maximum atomic E-state index is 12.3. The van der Waals surface area contributed by atoms with Gasteiger partial charge in [0.1, 0.15) is 0 Å². The monoisotopic (exact) mass is 409 g/mol. The van der Waals surface area contributed by atoms with E-state index in [0.717, 1.165) is 22.4 Å². The van der Waals surface area contributed by atoms with E-state index in [0.29, 0.717) is 11.0 Å². The molecule has 0 saturated carbocycles. The van der Waals surface area contributed by atoms with Crippen LogP contribution in [0.15, 0.2) is 47.6 Å². The second-order valence-electron chi connectivity index (χ2n) is 8.16. The minimum absolute atomic E-state index is 0.0824. The molecule has 0 radical (unpaired) electrons. The molecule has 0 aliphatic carbocycles. The van der Waals surface area contributed by atoms with Crippen molar-refractivity contribution in [3.8, 4) is 11.4 Å². The molecule has 0 saturated heterocycles. The van der Waals surface area contributed by atoms with Gasteiger partial charge >= 0.3 is 0 Å². The first kappa shape index (κ1) is 20.9. The number of benzene rings is 2. The van der Waals surface area contributed by atoms with Crippen molar-refractivity contribution in [3.05, 3.63) is 59.2 Å². The van der Waals surface area contributed by atoms with E-state index in [1.54, 1.807) is 0 Å². The molecule has 152 valence electrons. The van der Waals surface area contributed by atoms with Gasteiger partial charge in [-0.25, -0.2) is 4.68 Å². The largest absolute Gasteiger partial charge is 0.335 e. The molecule has 1 aromatic heterocycles. The van der Waals surface area contributed by atoms with Crippen molar-refractivity contribution in [2.24, 2.45) is 0 Å². The van der Waals surface area contributed by atoms with Crippen LogP contribution in [0.4, 0.5) is 5.69 Å². The summed E-state index contributed by atoms with van der Waals surface area (Å²) in [7, 11) is 0. The molecule has 2 aromatic carbocycles. The van der Waals surface area contributed by atoms with Crippen molar-refractivity contribution in [2.45, 2.75) is 45.2 Å². The number of nitrogens with two attached hydrogens (primary N) is 1. The number of nitrogen functional groups attached to an aromatic ring is 1. The van der Waals surface area contributed by atoms with E-state index >= 15 is 0 Å². The fourth-order valence-corrected chi connectivity index (χ4v) is 3.62. The van der Waals surface area contributed by atoms with Crippen LogP contribution < -0.4 is 11.2 Å². The fourth-order valence-electron chi connectivity index (χ4n) is 2.96. The predicted octanol–water partition coefficient (Wildman–Crippen LogP) is 4.30. The number of thioether (sulfide) groups is 1. The molecule has 29 heavy (non-hydrogen) atoms. The molecule has 3 rings (SSSR count). The zero-order valence-corrected chi connectivity index (χ0v) is 18.3. The Morgan fingerprint density at radius 2 is 1.79 bits per heavy atom. The average Bonchev–Trinajstić information content (AvgIpc) is 3.02. The number of aryl methyl sites for hydroxylation is 2. The summed E-state index contributed by atoms with van der Waals surface area (Å²) in [5, 5.41) is 11.8. The SMILES string of the molecule is Cc1ccc(NC(=O)CSc2nnc(-c3ccc(C(C)(C)C)cc3)n2N)c(C)c1. The zero-order chi connectivity index (χ0) is 21.2. The third kappa shape index (κ3) is 4.98. The summed E-state index contributed by atoms with van der Waals surface area (Å²) < 4.78 is 1.43. The van der Waals surface area contributed by atoms with E-state index in [-0.39, 0.29) is 17.1 Å². The van der Waals surface area contributed by atoms with Crippen molar-refractivity contribution >= 4 is 23.4 Å². The quantitative estimate of drug-likeness (QED) is 0.485. The lowest BCUT2D eigenvalue weighted by Gasteiger charge is -2.19. The number of carbonyl (C=O) groups is 1. The van der Waals surface area contributed by atoms with Crippen LogP contribution in [0.5, 0.6) is 0 Å². The van der Waals surface area contributed by atoms with Crippen LogP contribution in [0.25, 0.3) is 11.4 Å². The van der Waals surface area contributed by atoms with Gasteiger partial charge in [0.05, 0.1) is 5.75 Å². The molecule has 0 aliphatic heterocycles. The van der Waals surface area contributed by atoms with Crippen molar-refractivity contribution in [2.75, 3.05) is 16.9 Å². The summed E-state index contributed by atoms with van der Waals surface area (Å²) in [5.41, 5.74) is 5.22. The van der Waals surface area contributed by atoms with Gasteiger partial charge in [0.15, 0.2) is 5.82 Å². The standard InChI is InChI=1S/C22H27N5OS/c1-14-6-11-18(15(2)12-14)24-19(28)13-29-21-26-25-20(27(21)23)16-7-9-17(10-8-16)22(3,4)5/h6-12H,13,23H2,1-5H3,(H,24,28). The molecule has 6 nitrogen and oxygen atoms in total. The Morgan fingerprint density at radius 1 is 1.10 bits per heavy atom. The van der Waals surface area contributed by atoms with E-state index in [1.165, 1.54) is 22.0 Å². The molecule has 0 fully saturated rings. The van der Waals surface area contributed by atoms with E-state index in [9.17, 15) is 4.79 Å². The van der Waals surface area contributed by atoms with Gasteiger partial charge in [0, 0.05) is 11.3 Å². The molecule has 0 aliphatic rings. The number of carbonyl (C=O) groups excluding carboxylic acids is 1. The van der Waals surface area contributed by atoms with Crippen molar-refractivity contribution in [1.29, 1.82) is 0 Å². The van der Waals surface area contributed by atoms with Crippen molar-refractivity contribution in [1.82, 2.24) is 14.9 Å². The molecule has 0 unspecified atom stereocenters. The average molecular weight is 410 g/mol. The van der Waals surface area contributed by atoms with Crippen LogP contribution in [0.2, 0.25) is 0 Å². The number of hydrogen-bond donors (Lipinski definition) is 2. The van der Waals surface area contributed by atoms with Crippen molar-refractivity contribution in [3.63, 3.8) is 0 Å². The number of nitrogens with one attached hydrogen (secondary N) is 1. The summed E-state index contributed by atoms with van der Waals surface area (Å²) in [5.74, 6) is 6.84. The summed E-state index contributed by atoms with van der Waals surface area (Å²) in [6.45, 7) is 10.5. The molecule has 0 atom stereocenters. The van der Waals surface area contributed by atoms with Gasteiger partial charge in [-0.15, -0.1) is 10.2 Å². The van der Waals surface area contributed by atoms with Gasteiger partial charge in [-0.1, -0.05) is 74.5 Å². The highest BCUT2D eigenvalue weighted by Gasteiger charge is 2.17. The number of hydrogen-bond acceptors (Lipinski definition) is 5. The fraction of sp³-hybridized carbons (Fsp3) is 0.318. The van der Waals surface area contributed by atoms with Crippen molar-refractivity contribution < 1.29 is 4.79 Å². The topological polar surface area (TPSA) is 85.8 Å². The Labute approximate surface area is 175 Å². The highest BCUT2D eigenvalue weighted by molar-refractivity contribution is 7.99. The molecule has 3 aromatic rings. The minimum Gasteiger partial charge on any atom is -0.335 e. The summed E-state index contributed by atoms with van der Waals surface area (Å²) in [6, 6.07) is 14.1. The maximum absolute atomic E-state index is 12.3. The first-order valence-corrected chi connectivity index (χ1v) is 10.4. The lowest BCUT2D eigenvalue weighted by atomic mass is 9.87. The predicted molar refractivity (Wildman–Crippen MR) is 120 cm³/mol. The number of rotatable bonds is 5. The maximum Gasteiger partial charge on any atom is 0.234 e. The van der Waals surface area contributed by atoms with Gasteiger partial charge in [0.2, 0.25) is 11.1 Å². The highest BCUT2D eigenvalue weighted by Crippen LogP contribution is 2.26. The molecule has 0 bridgehead atoms. The number of nitrogens with zero attached hydrogens (tertiary/aromatic N) is 3. The summed E-state index contributed by atoms with van der Waals surface area (Å²) in [6.07, 6.45) is 0. The lowest BCUT2D eigenvalue weighted by Crippen LogP contribution is -2.17. The summed E-state index contributed by atoms with van der Waals surface area (Å²) in [4.78, 5) is 12.3. The molecule has 7 heteroatoms. The van der Waals surface area contributed by atoms with Gasteiger partial charge < -0.3 is 11.2 Å². The molecular formula is C22H27N5OS. The first-order valence-electron chi connectivity index (χ1n) is 9.46. The van der Waals surface area contributed by atoms with Gasteiger partial charge in [0.25, 0.3) is 0 Å². The summed E-state index contributed by atoms with van der Waals surface area (Å²) >= 11 is 1.26. The van der Waals surface area contributed by atoms with Gasteiger partial charge in [-0.2, -0.15) is 0 Å². The second kappa shape index (κ2) is 8.29. The van der Waals surface area contributed by atoms with Crippen LogP contribution in [-0.2, 0) is 10.2 Å². The molecule has 1 amide bonds. The third-order valence-corrected chi connectivity index (χ3v) is 5.61. The van der Waals surface area contributed by atoms with E-state index in [1.807, 2.05) is 44.2 Å². The van der Waals surface area contributed by atoms with E-state index in [2.05, 4.69) is 48.4 Å². The van der Waals surface area contributed by atoms with Crippen LogP contribution in [-0.4, -0.2) is 26.5 Å². The van der Waals surface area contributed by atoms with Gasteiger partial charge in [-0.05, 0) is 36.5 Å². The lowest BCUT2D eigenvalue weighted by molar-refractivity contribution is -0.113. The smallest absolute Gasteiger partial charge is 0.234 e. The molecule has 0 spiro atoms. The Kier molecular flexibility index (Phi) is 5.98. The van der Waals surface area contributed by atoms with E-state index in [4.69, 9.17) is 5.84 Å². The Bertz CT molecular complexity index is 1020. The minimum atomic E-state index is -0.110. The number of anilines is 1. The number of amides is 1. The molecule has 1 heterocycles. The van der Waals surface area contributed by atoms with E-state index < -0.39 is 0 Å². The Hall–Kier alpha value is -2.80. The van der Waals surface area contributed by atoms with Crippen LogP contribution in [0.1, 0.15) is 37.5 Å². The Balaban J connectivity index is 1.66. The highest BCUT2D eigenvalue weighted by atomic mass is 32.2. The first-order chi connectivity index (χ1) is 13.6. The normalized spacial score (nSPS) is 11.5.